The van der Waals surface area contributed by atoms with E-state index in [1.54, 1.807) is 61.8 Å². The summed E-state index contributed by atoms with van der Waals surface area (Å²) in [5.74, 6) is 5.30. The lowest BCUT2D eigenvalue weighted by Gasteiger charge is -2.11. The van der Waals surface area contributed by atoms with Gasteiger partial charge >= 0.3 is 0 Å². The third kappa shape index (κ3) is 12.2. The molecule has 0 aliphatic carbocycles. The number of phenolic OH excluding ortho intramolecular Hbond substituents is 1. The molecule has 15 nitrogen and oxygen atoms in total. The molecule has 0 saturated heterocycles. The molecule has 1 N–H and O–H groups in total. The van der Waals surface area contributed by atoms with Gasteiger partial charge in [0.15, 0.2) is 11.3 Å². The third-order valence-electron chi connectivity index (χ3n) is 13.2. The first-order valence-electron chi connectivity index (χ1n) is 26.7. The van der Waals surface area contributed by atoms with Gasteiger partial charge in [0.1, 0.15) is 56.7 Å². The Morgan fingerprint density at radius 1 is 0.353 bits per heavy atom. The largest absolute Gasteiger partial charge is 0.508 e. The number of ether oxygens (including phenoxy) is 4. The van der Waals surface area contributed by atoms with Gasteiger partial charge in [-0.15, -0.1) is 0 Å². The van der Waals surface area contributed by atoms with Crippen LogP contribution in [-0.4, -0.2) is 39.2 Å². The zero-order chi connectivity index (χ0) is 57.3. The molecule has 0 aliphatic heterocycles. The standard InChI is InChI=1S/C26H17N3O3.C17H10INO2.C17H11NO2.C9H8N2O/c1-2-9-23-21(8-1)22-15-20(31-25-10-3-4-11-28-25)16-24(26(22)32-23)30-19-7-5-6-18(14-19)29-13-12-27-17-29;18-14-10-11(20-16-7-3-4-8-19-16)9-13-12-5-1-2-6-15(12)21-17(13)14;1-2-6-15-13(5-1)14-11-12(8-9-16(14)20-15)19-17-7-3-4-10-18-17;12-9-3-1-2-8(6-9)11-5-4-10-7-11/h1-17H;1-10H;1-11H;1-7,12H. The number of para-hydroxylation sites is 3. The van der Waals surface area contributed by atoms with Crippen molar-refractivity contribution in [2.24, 2.45) is 0 Å². The lowest BCUT2D eigenvalue weighted by Crippen LogP contribution is -1.92. The van der Waals surface area contributed by atoms with Crippen molar-refractivity contribution in [1.29, 1.82) is 0 Å². The lowest BCUT2D eigenvalue weighted by molar-refractivity contribution is 0.448. The number of halogens is 1. The van der Waals surface area contributed by atoms with Gasteiger partial charge in [-0.2, -0.15) is 0 Å². The number of imidazole rings is 2. The summed E-state index contributed by atoms with van der Waals surface area (Å²) in [6, 6.07) is 69.0. The molecule has 0 bridgehead atoms. The highest BCUT2D eigenvalue weighted by Crippen LogP contribution is 2.42. The smallest absolute Gasteiger partial charge is 0.219 e. The first-order chi connectivity index (χ1) is 41.9. The fourth-order valence-electron chi connectivity index (χ4n) is 9.39. The summed E-state index contributed by atoms with van der Waals surface area (Å²) in [5, 5.41) is 15.4. The van der Waals surface area contributed by atoms with Gasteiger partial charge in [0, 0.05) is 112 Å². The van der Waals surface area contributed by atoms with Crippen LogP contribution in [0.1, 0.15) is 0 Å². The van der Waals surface area contributed by atoms with E-state index in [4.69, 9.17) is 32.2 Å². The second-order valence-electron chi connectivity index (χ2n) is 18.9. The van der Waals surface area contributed by atoms with Gasteiger partial charge in [0.2, 0.25) is 17.6 Å². The molecule has 0 spiro atoms. The second-order valence-corrected chi connectivity index (χ2v) is 20.1. The average Bonchev–Trinajstić information content (AvgIpc) is 3.07. The molecular weight excluding hydrogens is 1180 g/mol. The number of aromatic nitrogens is 7. The van der Waals surface area contributed by atoms with Gasteiger partial charge in [-0.3, -0.25) is 0 Å². The van der Waals surface area contributed by atoms with Crippen molar-refractivity contribution in [3.8, 4) is 63.5 Å². The highest BCUT2D eigenvalue weighted by atomic mass is 127. The highest BCUT2D eigenvalue weighted by Gasteiger charge is 2.17. The molecular formula is C69H46IN7O8. The van der Waals surface area contributed by atoms with Crippen molar-refractivity contribution in [2.45, 2.75) is 0 Å². The first-order valence-corrected chi connectivity index (χ1v) is 27.8. The quantitative estimate of drug-likeness (QED) is 0.128. The number of hydrogen-bond acceptors (Lipinski definition) is 13. The Morgan fingerprint density at radius 2 is 0.824 bits per heavy atom. The Labute approximate surface area is 498 Å². The maximum Gasteiger partial charge on any atom is 0.219 e. The molecule has 0 fully saturated rings. The van der Waals surface area contributed by atoms with E-state index in [2.05, 4.69) is 53.6 Å². The first kappa shape index (κ1) is 53.1. The minimum Gasteiger partial charge on any atom is -0.508 e. The zero-order valence-corrected chi connectivity index (χ0v) is 47.0. The summed E-state index contributed by atoms with van der Waals surface area (Å²) in [7, 11) is 0. The number of benzene rings is 8. The lowest BCUT2D eigenvalue weighted by atomic mass is 10.1. The normalized spacial score (nSPS) is 10.9. The van der Waals surface area contributed by atoms with E-state index in [1.807, 2.05) is 216 Å². The number of phenols is 1. The fourth-order valence-corrected chi connectivity index (χ4v) is 10.1. The number of aromatic hydroxyl groups is 1. The number of fused-ring (bicyclic) bond motifs is 9. The topological polar surface area (TPSA) is 171 Å². The van der Waals surface area contributed by atoms with Gasteiger partial charge < -0.3 is 46.4 Å². The van der Waals surface area contributed by atoms with Crippen molar-refractivity contribution >= 4 is 88.4 Å². The Morgan fingerprint density at radius 3 is 1.39 bits per heavy atom. The number of pyridine rings is 3. The van der Waals surface area contributed by atoms with E-state index >= 15 is 0 Å². The molecule has 0 amide bonds. The van der Waals surface area contributed by atoms with Gasteiger partial charge in [0.25, 0.3) is 0 Å². The molecule has 0 saturated carbocycles. The summed E-state index contributed by atoms with van der Waals surface area (Å²) in [5.41, 5.74) is 6.83. The number of nitrogens with zero attached hydrogens (tertiary/aromatic N) is 7. The minimum absolute atomic E-state index is 0.265. The van der Waals surface area contributed by atoms with Gasteiger partial charge in [-0.1, -0.05) is 84.9 Å². The molecule has 16 rings (SSSR count). The van der Waals surface area contributed by atoms with E-state index in [-0.39, 0.29) is 5.75 Å². The van der Waals surface area contributed by atoms with E-state index in [0.717, 1.165) is 86.7 Å². The summed E-state index contributed by atoms with van der Waals surface area (Å²) in [6.07, 6.45) is 15.7. The molecule has 0 radical (unpaired) electrons. The van der Waals surface area contributed by atoms with Gasteiger partial charge in [-0.25, -0.2) is 24.9 Å². The number of furan rings is 3. The average molecular weight is 1230 g/mol. The Kier molecular flexibility index (Phi) is 15.3. The maximum atomic E-state index is 9.18. The van der Waals surface area contributed by atoms with Crippen LogP contribution in [0.3, 0.4) is 0 Å². The van der Waals surface area contributed by atoms with Crippen molar-refractivity contribution in [3.63, 3.8) is 0 Å². The van der Waals surface area contributed by atoms with Crippen LogP contribution in [0.2, 0.25) is 0 Å². The maximum absolute atomic E-state index is 9.18. The van der Waals surface area contributed by atoms with Crippen LogP contribution < -0.4 is 18.9 Å². The van der Waals surface area contributed by atoms with Gasteiger partial charge in [-0.05, 0) is 120 Å². The predicted molar refractivity (Wildman–Crippen MR) is 336 cm³/mol. The van der Waals surface area contributed by atoms with Crippen LogP contribution in [0.25, 0.3) is 77.2 Å². The summed E-state index contributed by atoms with van der Waals surface area (Å²) >= 11 is 2.27. The minimum atomic E-state index is 0.265. The summed E-state index contributed by atoms with van der Waals surface area (Å²) in [6.45, 7) is 0. The summed E-state index contributed by atoms with van der Waals surface area (Å²) in [4.78, 5) is 20.6. The monoisotopic (exact) mass is 1230 g/mol. The molecule has 16 aromatic rings. The number of hydrogen-bond donors (Lipinski definition) is 1. The van der Waals surface area contributed by atoms with Crippen LogP contribution in [0.4, 0.5) is 0 Å². The van der Waals surface area contributed by atoms with Crippen LogP contribution in [0.15, 0.2) is 288 Å². The van der Waals surface area contributed by atoms with Crippen LogP contribution in [0, 0.1) is 3.57 Å². The zero-order valence-electron chi connectivity index (χ0n) is 44.8. The molecule has 412 valence electrons. The summed E-state index contributed by atoms with van der Waals surface area (Å²) < 4.78 is 46.5. The van der Waals surface area contributed by atoms with Crippen LogP contribution in [0.5, 0.6) is 52.1 Å². The third-order valence-corrected chi connectivity index (χ3v) is 14.0. The van der Waals surface area contributed by atoms with E-state index < -0.39 is 0 Å². The molecule has 8 heterocycles. The van der Waals surface area contributed by atoms with Crippen molar-refractivity contribution in [3.05, 3.63) is 278 Å². The highest BCUT2D eigenvalue weighted by molar-refractivity contribution is 14.1. The van der Waals surface area contributed by atoms with Crippen LogP contribution >= 0.6 is 22.6 Å². The van der Waals surface area contributed by atoms with Crippen molar-refractivity contribution in [1.82, 2.24) is 34.1 Å². The molecule has 8 aromatic carbocycles. The van der Waals surface area contributed by atoms with E-state index in [0.29, 0.717) is 40.5 Å². The van der Waals surface area contributed by atoms with Crippen molar-refractivity contribution < 1.29 is 37.3 Å². The molecule has 16 heteroatoms. The molecule has 0 aliphatic rings. The Hall–Kier alpha value is -11.2. The second kappa shape index (κ2) is 24.5. The predicted octanol–water partition coefficient (Wildman–Crippen LogP) is 18.5. The van der Waals surface area contributed by atoms with Crippen molar-refractivity contribution in [2.75, 3.05) is 0 Å². The number of rotatable bonds is 10. The van der Waals surface area contributed by atoms with Gasteiger partial charge in [0.05, 0.1) is 27.6 Å². The van der Waals surface area contributed by atoms with E-state index in [9.17, 15) is 5.11 Å². The van der Waals surface area contributed by atoms with E-state index in [1.165, 1.54) is 0 Å². The Bertz CT molecular complexity index is 4880. The molecule has 0 unspecified atom stereocenters. The SMILES string of the molecule is Ic1cc(Oc2ccccn2)cc2c1oc1ccccc12.Oc1cccc(-n2ccnc2)c1.c1ccc(Oc2cc(Oc3cccc(-n4ccnc4)c3)c3oc4ccccc4c3c2)nc1.c1ccc(Oc2ccc3oc4ccccc4c3c2)nc1. The Balaban J connectivity index is 0.000000111. The fraction of sp³-hybridized carbons (Fsp3) is 0. The molecule has 8 aromatic heterocycles. The van der Waals surface area contributed by atoms with Crippen LogP contribution in [-0.2, 0) is 0 Å². The molecule has 0 atom stereocenters. The molecule has 85 heavy (non-hydrogen) atoms.